The van der Waals surface area contributed by atoms with Gasteiger partial charge >= 0.3 is 0 Å². The quantitative estimate of drug-likeness (QED) is 0.767. The largest absolute Gasteiger partial charge is 0.494 e. The number of benzene rings is 1. The van der Waals surface area contributed by atoms with Gasteiger partial charge in [0.05, 0.1) is 22.7 Å². The van der Waals surface area contributed by atoms with Crippen molar-refractivity contribution >= 4 is 55.8 Å². The van der Waals surface area contributed by atoms with Crippen molar-refractivity contribution in [3.05, 3.63) is 28.8 Å². The molecule has 2 aromatic rings. The van der Waals surface area contributed by atoms with Crippen molar-refractivity contribution < 1.29 is 9.53 Å². The van der Waals surface area contributed by atoms with Crippen LogP contribution < -0.4 is 10.1 Å². The summed E-state index contributed by atoms with van der Waals surface area (Å²) in [5.41, 5.74) is 0.687. The zero-order valence-corrected chi connectivity index (χ0v) is 15.9. The molecule has 7 heteroatoms. The molecule has 1 N–H and O–H groups in total. The van der Waals surface area contributed by atoms with E-state index in [9.17, 15) is 4.79 Å². The van der Waals surface area contributed by atoms with Crippen LogP contribution in [0.3, 0.4) is 0 Å². The highest BCUT2D eigenvalue weighted by Gasteiger charge is 2.60. The van der Waals surface area contributed by atoms with Gasteiger partial charge in [0.2, 0.25) is 5.91 Å². The Labute approximate surface area is 154 Å². The first-order chi connectivity index (χ1) is 11.3. The van der Waals surface area contributed by atoms with E-state index in [1.165, 1.54) is 11.3 Å². The smallest absolute Gasteiger partial charge is 0.230 e. The van der Waals surface area contributed by atoms with Crippen LogP contribution in [0.25, 0.3) is 10.2 Å². The molecular weight excluding hydrogens is 367 g/mol. The van der Waals surface area contributed by atoms with Crippen LogP contribution in [0.1, 0.15) is 20.8 Å². The number of hydrogen-bond acceptors (Lipinski definition) is 4. The molecule has 1 fully saturated rings. The third kappa shape index (κ3) is 3.39. The first kappa shape index (κ1) is 17.5. The predicted octanol–water partition coefficient (Wildman–Crippen LogP) is 5.22. The number of thiazole rings is 1. The highest BCUT2D eigenvalue weighted by Crippen LogP contribution is 2.60. The molecule has 24 heavy (non-hydrogen) atoms. The Hall–Kier alpha value is -1.30. The lowest BCUT2D eigenvalue weighted by molar-refractivity contribution is -0.118. The summed E-state index contributed by atoms with van der Waals surface area (Å²) >= 11 is 12.9. The second kappa shape index (κ2) is 6.54. The molecule has 2 unspecified atom stereocenters. The maximum Gasteiger partial charge on any atom is 0.230 e. The van der Waals surface area contributed by atoms with Gasteiger partial charge in [0.1, 0.15) is 10.2 Å². The van der Waals surface area contributed by atoms with Crippen LogP contribution in [-0.4, -0.2) is 17.5 Å². The fraction of sp³-hybridized carbons (Fsp3) is 0.412. The number of ether oxygens (including phenoxy) is 1. The van der Waals surface area contributed by atoms with Gasteiger partial charge in [-0.2, -0.15) is 0 Å². The Bertz CT molecular complexity index is 812. The molecule has 2 atom stereocenters. The Kier molecular flexibility index (Phi) is 4.78. The number of hydrogen-bond donors (Lipinski definition) is 1. The van der Waals surface area contributed by atoms with Crippen molar-refractivity contribution in [2.24, 2.45) is 17.3 Å². The SMILES string of the molecule is CCOc1ccc2nc(NC(=O)C3C(C=C(Cl)Cl)C3(C)C)sc2c1. The minimum absolute atomic E-state index is 0.0430. The second-order valence-electron chi connectivity index (χ2n) is 6.35. The van der Waals surface area contributed by atoms with Gasteiger partial charge in [-0.15, -0.1) is 0 Å². The molecule has 1 aliphatic carbocycles. The summed E-state index contributed by atoms with van der Waals surface area (Å²) in [5.74, 6) is 0.633. The van der Waals surface area contributed by atoms with Gasteiger partial charge < -0.3 is 10.1 Å². The predicted molar refractivity (Wildman–Crippen MR) is 100.0 cm³/mol. The van der Waals surface area contributed by atoms with E-state index in [4.69, 9.17) is 27.9 Å². The van der Waals surface area contributed by atoms with Crippen molar-refractivity contribution in [1.82, 2.24) is 4.98 Å². The molecule has 0 saturated heterocycles. The third-order valence-corrected chi connectivity index (χ3v) is 5.59. The number of rotatable bonds is 5. The lowest BCUT2D eigenvalue weighted by atomic mass is 10.1. The molecule has 0 aliphatic heterocycles. The summed E-state index contributed by atoms with van der Waals surface area (Å²) in [5, 5.41) is 3.50. The van der Waals surface area contributed by atoms with Crippen LogP contribution in [0.15, 0.2) is 28.8 Å². The first-order valence-corrected chi connectivity index (χ1v) is 9.27. The molecule has 4 nitrogen and oxygen atoms in total. The van der Waals surface area contributed by atoms with Gasteiger partial charge in [0, 0.05) is 0 Å². The Morgan fingerprint density at radius 2 is 2.21 bits per heavy atom. The van der Waals surface area contributed by atoms with Crippen LogP contribution in [0.5, 0.6) is 5.75 Å². The number of aromatic nitrogens is 1. The van der Waals surface area contributed by atoms with Gasteiger partial charge in [-0.05, 0) is 42.5 Å². The van der Waals surface area contributed by atoms with Crippen LogP contribution in [0, 0.1) is 17.3 Å². The second-order valence-corrected chi connectivity index (χ2v) is 8.39. The fourth-order valence-corrected chi connectivity index (χ4v) is 4.19. The van der Waals surface area contributed by atoms with Crippen LogP contribution >= 0.6 is 34.5 Å². The molecule has 1 amide bonds. The minimum atomic E-state index is -0.156. The van der Waals surface area contributed by atoms with Gasteiger partial charge in [-0.25, -0.2) is 4.98 Å². The summed E-state index contributed by atoms with van der Waals surface area (Å²) < 4.78 is 6.67. The van der Waals surface area contributed by atoms with Crippen molar-refractivity contribution in [3.8, 4) is 5.75 Å². The molecule has 1 aliphatic rings. The van der Waals surface area contributed by atoms with E-state index in [0.29, 0.717) is 11.7 Å². The summed E-state index contributed by atoms with van der Waals surface area (Å²) in [7, 11) is 0. The number of allylic oxidation sites excluding steroid dienone is 1. The lowest BCUT2D eigenvalue weighted by Gasteiger charge is -2.02. The molecule has 0 radical (unpaired) electrons. The fourth-order valence-electron chi connectivity index (χ4n) is 3.02. The molecule has 1 saturated carbocycles. The normalized spacial score (nSPS) is 21.4. The van der Waals surface area contributed by atoms with Gasteiger partial charge in [-0.3, -0.25) is 4.79 Å². The zero-order valence-electron chi connectivity index (χ0n) is 13.6. The molecule has 1 heterocycles. The number of carbonyl (C=O) groups is 1. The van der Waals surface area contributed by atoms with Crippen LogP contribution in [-0.2, 0) is 4.79 Å². The van der Waals surface area contributed by atoms with Gasteiger partial charge in [-0.1, -0.05) is 48.4 Å². The van der Waals surface area contributed by atoms with E-state index >= 15 is 0 Å². The molecule has 0 spiro atoms. The maximum absolute atomic E-state index is 12.5. The summed E-state index contributed by atoms with van der Waals surface area (Å²) in [6, 6.07) is 5.71. The molecule has 0 bridgehead atoms. The van der Waals surface area contributed by atoms with Crippen LogP contribution in [0.4, 0.5) is 5.13 Å². The summed E-state index contributed by atoms with van der Waals surface area (Å²) in [4.78, 5) is 17.0. The van der Waals surface area contributed by atoms with Crippen molar-refractivity contribution in [2.75, 3.05) is 11.9 Å². The highest BCUT2D eigenvalue weighted by atomic mass is 35.5. The van der Waals surface area contributed by atoms with Crippen molar-refractivity contribution in [3.63, 3.8) is 0 Å². The molecule has 3 rings (SSSR count). The molecule has 1 aromatic heterocycles. The van der Waals surface area contributed by atoms with E-state index in [-0.39, 0.29) is 27.6 Å². The summed E-state index contributed by atoms with van der Waals surface area (Å²) in [6.07, 6.45) is 1.74. The Morgan fingerprint density at radius 3 is 2.88 bits per heavy atom. The standard InChI is InChI=1S/C17H18Cl2N2O2S/c1-4-23-9-5-6-11-12(7-9)24-16(20-11)21-15(22)14-10(8-13(18)19)17(14,2)3/h5-8,10,14H,4H2,1-3H3,(H,20,21,22). The molecular formula is C17H18Cl2N2O2S. The number of fused-ring (bicyclic) bond motifs is 1. The number of carbonyl (C=O) groups excluding carboxylic acids is 1. The average Bonchev–Trinajstić information content (AvgIpc) is 2.84. The number of nitrogens with zero attached hydrogens (tertiary/aromatic N) is 1. The van der Waals surface area contributed by atoms with E-state index in [1.54, 1.807) is 6.08 Å². The number of nitrogens with one attached hydrogen (secondary N) is 1. The van der Waals surface area contributed by atoms with Crippen LogP contribution in [0.2, 0.25) is 0 Å². The molecule has 128 valence electrons. The topological polar surface area (TPSA) is 51.2 Å². The van der Waals surface area contributed by atoms with Gasteiger partial charge in [0.25, 0.3) is 0 Å². The van der Waals surface area contributed by atoms with Crippen molar-refractivity contribution in [2.45, 2.75) is 20.8 Å². The van der Waals surface area contributed by atoms with Gasteiger partial charge in [0.15, 0.2) is 5.13 Å². The minimum Gasteiger partial charge on any atom is -0.494 e. The van der Waals surface area contributed by atoms with E-state index in [1.807, 2.05) is 39.0 Å². The van der Waals surface area contributed by atoms with E-state index in [2.05, 4.69) is 10.3 Å². The third-order valence-electron chi connectivity index (χ3n) is 4.40. The summed E-state index contributed by atoms with van der Waals surface area (Å²) in [6.45, 7) is 6.62. The average molecular weight is 385 g/mol. The van der Waals surface area contributed by atoms with E-state index in [0.717, 1.165) is 16.0 Å². The number of anilines is 1. The zero-order chi connectivity index (χ0) is 17.5. The Balaban J connectivity index is 1.75. The highest BCUT2D eigenvalue weighted by molar-refractivity contribution is 7.22. The Morgan fingerprint density at radius 1 is 1.46 bits per heavy atom. The molecule has 1 aromatic carbocycles. The maximum atomic E-state index is 12.5. The van der Waals surface area contributed by atoms with E-state index < -0.39 is 0 Å². The monoisotopic (exact) mass is 384 g/mol. The number of amides is 1. The lowest BCUT2D eigenvalue weighted by Crippen LogP contribution is -2.16. The first-order valence-electron chi connectivity index (χ1n) is 7.70. The number of halogens is 2. The van der Waals surface area contributed by atoms with Crippen molar-refractivity contribution in [1.29, 1.82) is 0 Å².